The number of hydrogen-bond donors (Lipinski definition) is 2. The predicted octanol–water partition coefficient (Wildman–Crippen LogP) is 3.75. The number of nitrogens with one attached hydrogen (secondary N) is 1. The Morgan fingerprint density at radius 3 is 2.53 bits per heavy atom. The number of nitrogens with two attached hydrogens (primary N) is 1. The first-order chi connectivity index (χ1) is 8.11. The van der Waals surface area contributed by atoms with E-state index >= 15 is 0 Å². The fourth-order valence-corrected chi connectivity index (χ4v) is 2.79. The predicted molar refractivity (Wildman–Crippen MR) is 69.9 cm³/mol. The summed E-state index contributed by atoms with van der Waals surface area (Å²) < 4.78 is 14.0. The molecule has 0 aliphatic heterocycles. The zero-order chi connectivity index (χ0) is 12.4. The highest BCUT2D eigenvalue weighted by atomic mass is 35.5. The van der Waals surface area contributed by atoms with Gasteiger partial charge in [-0.3, -0.25) is 5.84 Å². The van der Waals surface area contributed by atoms with Gasteiger partial charge in [-0.2, -0.15) is 0 Å². The zero-order valence-electron chi connectivity index (χ0n) is 8.58. The van der Waals surface area contributed by atoms with Gasteiger partial charge in [0.05, 0.1) is 15.4 Å². The fourth-order valence-electron chi connectivity index (χ4n) is 1.52. The third-order valence-corrected chi connectivity index (χ3v) is 3.92. The number of benzene rings is 1. The number of rotatable bonds is 3. The molecule has 0 aliphatic carbocycles. The number of halogens is 3. The Kier molecular flexibility index (Phi) is 4.01. The van der Waals surface area contributed by atoms with Gasteiger partial charge in [-0.25, -0.2) is 9.82 Å². The minimum atomic E-state index is -0.466. The monoisotopic (exact) mass is 290 g/mol. The van der Waals surface area contributed by atoms with E-state index in [2.05, 4.69) is 5.43 Å². The molecule has 1 heterocycles. The highest BCUT2D eigenvalue weighted by Gasteiger charge is 2.16. The van der Waals surface area contributed by atoms with Crippen molar-refractivity contribution in [2.45, 2.75) is 6.04 Å². The Balaban J connectivity index is 2.38. The second kappa shape index (κ2) is 5.33. The molecular formula is C11H9Cl2FN2S. The normalized spacial score (nSPS) is 12.7. The van der Waals surface area contributed by atoms with Crippen LogP contribution in [-0.2, 0) is 0 Å². The lowest BCUT2D eigenvalue weighted by molar-refractivity contribution is 0.609. The van der Waals surface area contributed by atoms with Crippen LogP contribution < -0.4 is 11.3 Å². The van der Waals surface area contributed by atoms with Crippen LogP contribution in [0.1, 0.15) is 16.5 Å². The summed E-state index contributed by atoms with van der Waals surface area (Å²) in [5.41, 5.74) is 3.34. The van der Waals surface area contributed by atoms with E-state index in [1.165, 1.54) is 23.5 Å². The van der Waals surface area contributed by atoms with Crippen LogP contribution in [0.25, 0.3) is 0 Å². The average molecular weight is 291 g/mol. The average Bonchev–Trinajstić information content (AvgIpc) is 2.71. The summed E-state index contributed by atoms with van der Waals surface area (Å²) in [6, 6.07) is 7.93. The maximum absolute atomic E-state index is 13.4. The molecule has 2 aromatic rings. The van der Waals surface area contributed by atoms with Crippen LogP contribution >= 0.6 is 34.5 Å². The van der Waals surface area contributed by atoms with Crippen LogP contribution in [-0.4, -0.2) is 0 Å². The minimum absolute atomic E-state index is 0.0914. The molecule has 0 spiro atoms. The molecule has 0 saturated carbocycles. The van der Waals surface area contributed by atoms with Gasteiger partial charge in [0.25, 0.3) is 0 Å². The van der Waals surface area contributed by atoms with Crippen molar-refractivity contribution >= 4 is 34.5 Å². The second-order valence-electron chi connectivity index (χ2n) is 3.42. The van der Waals surface area contributed by atoms with Gasteiger partial charge in [-0.05, 0) is 29.8 Å². The largest absolute Gasteiger partial charge is 0.271 e. The van der Waals surface area contributed by atoms with Crippen LogP contribution in [0.2, 0.25) is 9.36 Å². The highest BCUT2D eigenvalue weighted by Crippen LogP contribution is 2.31. The summed E-state index contributed by atoms with van der Waals surface area (Å²) in [4.78, 5) is 0.916. The molecule has 6 heteroatoms. The van der Waals surface area contributed by atoms with Gasteiger partial charge in [0.2, 0.25) is 0 Å². The molecule has 1 aromatic carbocycles. The van der Waals surface area contributed by atoms with Crippen molar-refractivity contribution < 1.29 is 4.39 Å². The Morgan fingerprint density at radius 2 is 2.00 bits per heavy atom. The molecule has 2 rings (SSSR count). The molecule has 1 atom stereocenters. The lowest BCUT2D eigenvalue weighted by Gasteiger charge is -2.14. The van der Waals surface area contributed by atoms with Crippen LogP contribution in [0.3, 0.4) is 0 Å². The molecule has 0 radical (unpaired) electrons. The standard InChI is InChI=1S/C11H9Cl2FN2S/c12-7-2-1-6(5-8(7)14)11(16-15)9-3-4-10(13)17-9/h1-5,11,16H,15H2. The summed E-state index contributed by atoms with van der Waals surface area (Å²) in [5.74, 6) is 5.03. The first-order valence-corrected chi connectivity index (χ1v) is 6.35. The summed E-state index contributed by atoms with van der Waals surface area (Å²) in [7, 11) is 0. The fraction of sp³-hybridized carbons (Fsp3) is 0.0909. The van der Waals surface area contributed by atoms with Crippen molar-refractivity contribution in [1.82, 2.24) is 5.43 Å². The van der Waals surface area contributed by atoms with E-state index in [0.717, 1.165) is 4.88 Å². The molecule has 1 unspecified atom stereocenters. The van der Waals surface area contributed by atoms with Gasteiger partial charge in [0.1, 0.15) is 5.82 Å². The van der Waals surface area contributed by atoms with E-state index in [-0.39, 0.29) is 11.1 Å². The lowest BCUT2D eigenvalue weighted by Crippen LogP contribution is -2.28. The summed E-state index contributed by atoms with van der Waals surface area (Å²) in [6.45, 7) is 0. The molecule has 17 heavy (non-hydrogen) atoms. The molecule has 0 bridgehead atoms. The van der Waals surface area contributed by atoms with Gasteiger partial charge in [-0.15, -0.1) is 11.3 Å². The topological polar surface area (TPSA) is 38.0 Å². The number of hydrazine groups is 1. The lowest BCUT2D eigenvalue weighted by atomic mass is 10.1. The van der Waals surface area contributed by atoms with E-state index in [1.54, 1.807) is 12.1 Å². The Hall–Kier alpha value is -0.650. The maximum Gasteiger partial charge on any atom is 0.142 e. The van der Waals surface area contributed by atoms with Crippen molar-refractivity contribution in [3.05, 3.63) is 55.9 Å². The zero-order valence-corrected chi connectivity index (χ0v) is 10.9. The third-order valence-electron chi connectivity index (χ3n) is 2.32. The SMILES string of the molecule is NNC(c1ccc(Cl)c(F)c1)c1ccc(Cl)s1. The van der Waals surface area contributed by atoms with Crippen LogP contribution in [0.15, 0.2) is 30.3 Å². The molecule has 2 nitrogen and oxygen atoms in total. The molecule has 0 aliphatic rings. The van der Waals surface area contributed by atoms with E-state index in [1.807, 2.05) is 6.07 Å². The third kappa shape index (κ3) is 2.78. The van der Waals surface area contributed by atoms with Crippen molar-refractivity contribution in [2.24, 2.45) is 5.84 Å². The first-order valence-electron chi connectivity index (χ1n) is 4.78. The Labute approximate surface area is 112 Å². The van der Waals surface area contributed by atoms with Crippen molar-refractivity contribution in [2.75, 3.05) is 0 Å². The van der Waals surface area contributed by atoms with Gasteiger partial charge < -0.3 is 0 Å². The van der Waals surface area contributed by atoms with Crippen LogP contribution in [0.5, 0.6) is 0 Å². The molecule has 0 fully saturated rings. The van der Waals surface area contributed by atoms with Crippen LogP contribution in [0, 0.1) is 5.82 Å². The molecule has 0 amide bonds. The number of hydrogen-bond acceptors (Lipinski definition) is 3. The summed E-state index contributed by atoms with van der Waals surface area (Å²) in [5, 5.41) is 0.0914. The Bertz CT molecular complexity index is 530. The van der Waals surface area contributed by atoms with Gasteiger partial charge in [0, 0.05) is 4.88 Å². The Morgan fingerprint density at radius 1 is 1.24 bits per heavy atom. The second-order valence-corrected chi connectivity index (χ2v) is 5.57. The first kappa shape index (κ1) is 12.8. The van der Waals surface area contributed by atoms with Crippen molar-refractivity contribution in [3.63, 3.8) is 0 Å². The highest BCUT2D eigenvalue weighted by molar-refractivity contribution is 7.16. The maximum atomic E-state index is 13.4. The van der Waals surface area contributed by atoms with Crippen molar-refractivity contribution in [3.8, 4) is 0 Å². The molecule has 1 aromatic heterocycles. The van der Waals surface area contributed by atoms with Crippen molar-refractivity contribution in [1.29, 1.82) is 0 Å². The van der Waals surface area contributed by atoms with Gasteiger partial charge in [-0.1, -0.05) is 29.3 Å². The quantitative estimate of drug-likeness (QED) is 0.667. The van der Waals surface area contributed by atoms with Crippen LogP contribution in [0.4, 0.5) is 4.39 Å². The summed E-state index contributed by atoms with van der Waals surface area (Å²) in [6.07, 6.45) is 0. The van der Waals surface area contributed by atoms with E-state index in [4.69, 9.17) is 29.0 Å². The van der Waals surface area contributed by atoms with E-state index < -0.39 is 5.82 Å². The molecule has 0 saturated heterocycles. The minimum Gasteiger partial charge on any atom is -0.271 e. The van der Waals surface area contributed by atoms with Gasteiger partial charge in [0.15, 0.2) is 0 Å². The van der Waals surface area contributed by atoms with E-state index in [0.29, 0.717) is 9.90 Å². The molecular weight excluding hydrogens is 282 g/mol. The van der Waals surface area contributed by atoms with E-state index in [9.17, 15) is 4.39 Å². The van der Waals surface area contributed by atoms with Gasteiger partial charge >= 0.3 is 0 Å². The molecule has 90 valence electrons. The smallest absolute Gasteiger partial charge is 0.142 e. The number of thiophene rings is 1. The molecule has 3 N–H and O–H groups in total. The summed E-state index contributed by atoms with van der Waals surface area (Å²) >= 11 is 12.9.